The Morgan fingerprint density at radius 2 is 2.10 bits per heavy atom. The Labute approximate surface area is 120 Å². The molecule has 0 spiro atoms. The van der Waals surface area contributed by atoms with Gasteiger partial charge in [-0.1, -0.05) is 25.1 Å². The van der Waals surface area contributed by atoms with Crippen LogP contribution in [0.1, 0.15) is 37.5 Å². The van der Waals surface area contributed by atoms with E-state index in [0.29, 0.717) is 0 Å². The number of hydrogen-bond donors (Lipinski definition) is 1. The molecule has 1 aromatic heterocycles. The first-order valence-corrected chi connectivity index (χ1v) is 7.71. The monoisotopic (exact) mass is 272 g/mol. The first kappa shape index (κ1) is 13.7. The number of para-hydroxylation sites is 1. The van der Waals surface area contributed by atoms with E-state index in [9.17, 15) is 0 Å². The predicted molar refractivity (Wildman–Crippen MR) is 82.7 cm³/mol. The molecule has 3 nitrogen and oxygen atoms in total. The lowest BCUT2D eigenvalue weighted by Crippen LogP contribution is -2.26. The Morgan fingerprint density at radius 1 is 1.30 bits per heavy atom. The van der Waals surface area contributed by atoms with Crippen LogP contribution in [0.2, 0.25) is 0 Å². The molecule has 1 aliphatic carbocycles. The van der Waals surface area contributed by atoms with E-state index in [4.69, 9.17) is 4.42 Å². The molecule has 0 amide bonds. The third kappa shape index (κ3) is 2.74. The summed E-state index contributed by atoms with van der Waals surface area (Å²) in [6.45, 7) is 5.24. The van der Waals surface area contributed by atoms with Crippen LogP contribution in [0.4, 0.5) is 0 Å². The van der Waals surface area contributed by atoms with E-state index < -0.39 is 0 Å². The quantitative estimate of drug-likeness (QED) is 0.836. The Balaban J connectivity index is 1.90. The van der Waals surface area contributed by atoms with Crippen molar-refractivity contribution in [1.29, 1.82) is 0 Å². The summed E-state index contributed by atoms with van der Waals surface area (Å²) >= 11 is 0. The molecule has 3 heteroatoms. The zero-order chi connectivity index (χ0) is 13.9. The van der Waals surface area contributed by atoms with Crippen molar-refractivity contribution in [2.24, 2.45) is 0 Å². The Kier molecular flexibility index (Phi) is 4.08. The fraction of sp³-hybridized carbons (Fsp3) is 0.529. The first-order valence-electron chi connectivity index (χ1n) is 7.71. The predicted octanol–water partition coefficient (Wildman–Crippen LogP) is 3.53. The van der Waals surface area contributed by atoms with Crippen molar-refractivity contribution in [2.75, 3.05) is 13.6 Å². The van der Waals surface area contributed by atoms with Crippen LogP contribution in [0.25, 0.3) is 11.0 Å². The number of furan rings is 1. The van der Waals surface area contributed by atoms with Crippen LogP contribution < -0.4 is 5.32 Å². The minimum atomic E-state index is 0.783. The molecule has 1 aromatic carbocycles. The summed E-state index contributed by atoms with van der Waals surface area (Å²) in [7, 11) is 2.00. The van der Waals surface area contributed by atoms with Crippen molar-refractivity contribution in [3.63, 3.8) is 0 Å². The van der Waals surface area contributed by atoms with Crippen LogP contribution in [-0.4, -0.2) is 24.5 Å². The Bertz CT molecular complexity index is 571. The van der Waals surface area contributed by atoms with Crippen molar-refractivity contribution in [3.05, 3.63) is 35.6 Å². The van der Waals surface area contributed by atoms with Gasteiger partial charge in [0.05, 0.1) is 6.54 Å². The van der Waals surface area contributed by atoms with Gasteiger partial charge in [-0.15, -0.1) is 0 Å². The number of benzene rings is 1. The highest BCUT2D eigenvalue weighted by Crippen LogP contribution is 2.32. The van der Waals surface area contributed by atoms with Crippen molar-refractivity contribution in [3.8, 4) is 0 Å². The Hall–Kier alpha value is -1.32. The molecule has 2 aromatic rings. The van der Waals surface area contributed by atoms with E-state index in [2.05, 4.69) is 35.3 Å². The molecular formula is C17H24N2O. The molecule has 0 radical (unpaired) electrons. The third-order valence-corrected chi connectivity index (χ3v) is 4.06. The molecule has 1 saturated carbocycles. The summed E-state index contributed by atoms with van der Waals surface area (Å²) in [4.78, 5) is 2.58. The van der Waals surface area contributed by atoms with Crippen molar-refractivity contribution >= 4 is 11.0 Å². The van der Waals surface area contributed by atoms with Gasteiger partial charge in [0, 0.05) is 23.5 Å². The van der Waals surface area contributed by atoms with Crippen LogP contribution in [0, 0.1) is 0 Å². The number of nitrogens with one attached hydrogen (secondary N) is 1. The summed E-state index contributed by atoms with van der Waals surface area (Å²) in [6, 6.07) is 9.15. The zero-order valence-electron chi connectivity index (χ0n) is 12.5. The lowest BCUT2D eigenvalue weighted by atomic mass is 10.1. The largest absolute Gasteiger partial charge is 0.459 e. The molecule has 0 atom stereocenters. The van der Waals surface area contributed by atoms with Crippen LogP contribution >= 0.6 is 0 Å². The summed E-state index contributed by atoms with van der Waals surface area (Å²) in [5.74, 6) is 1.14. The average molecular weight is 272 g/mol. The van der Waals surface area contributed by atoms with E-state index in [1.54, 1.807) is 0 Å². The molecule has 0 saturated heterocycles. The van der Waals surface area contributed by atoms with Gasteiger partial charge in [0.1, 0.15) is 11.3 Å². The van der Waals surface area contributed by atoms with Gasteiger partial charge in [0.2, 0.25) is 0 Å². The standard InChI is InChI=1S/C17H24N2O/c1-3-10-19(13-8-9-13)12-17-15(11-18-2)14-6-4-5-7-16(14)20-17/h4-7,13,18H,3,8-12H2,1-2H3. The van der Waals surface area contributed by atoms with Crippen molar-refractivity contribution < 1.29 is 4.42 Å². The molecule has 0 unspecified atom stereocenters. The molecule has 20 heavy (non-hydrogen) atoms. The van der Waals surface area contributed by atoms with Gasteiger partial charge in [-0.2, -0.15) is 0 Å². The maximum atomic E-state index is 6.12. The summed E-state index contributed by atoms with van der Waals surface area (Å²) in [6.07, 6.45) is 3.90. The normalized spacial score (nSPS) is 15.3. The lowest BCUT2D eigenvalue weighted by molar-refractivity contribution is 0.235. The van der Waals surface area contributed by atoms with Gasteiger partial charge >= 0.3 is 0 Å². The van der Waals surface area contributed by atoms with E-state index in [1.165, 1.54) is 36.8 Å². The molecule has 1 aliphatic rings. The molecule has 108 valence electrons. The number of rotatable bonds is 7. The molecule has 0 aliphatic heterocycles. The van der Waals surface area contributed by atoms with Crippen molar-refractivity contribution in [2.45, 2.75) is 45.3 Å². The number of nitrogens with zero attached hydrogens (tertiary/aromatic N) is 1. The van der Waals surface area contributed by atoms with Gasteiger partial charge in [-0.25, -0.2) is 0 Å². The van der Waals surface area contributed by atoms with Gasteiger partial charge in [0.25, 0.3) is 0 Å². The SMILES string of the molecule is CCCN(Cc1oc2ccccc2c1CNC)C1CC1. The fourth-order valence-electron chi connectivity index (χ4n) is 2.95. The highest BCUT2D eigenvalue weighted by Gasteiger charge is 2.29. The number of fused-ring (bicyclic) bond motifs is 1. The fourth-order valence-corrected chi connectivity index (χ4v) is 2.95. The Morgan fingerprint density at radius 3 is 2.80 bits per heavy atom. The highest BCUT2D eigenvalue weighted by molar-refractivity contribution is 5.82. The summed E-state index contributed by atoms with van der Waals surface area (Å²) < 4.78 is 6.12. The van der Waals surface area contributed by atoms with Gasteiger partial charge in [0.15, 0.2) is 0 Å². The second-order valence-corrected chi connectivity index (χ2v) is 5.73. The third-order valence-electron chi connectivity index (χ3n) is 4.06. The maximum absolute atomic E-state index is 6.12. The molecule has 1 N–H and O–H groups in total. The van der Waals surface area contributed by atoms with E-state index in [-0.39, 0.29) is 0 Å². The molecule has 1 heterocycles. The molecular weight excluding hydrogens is 248 g/mol. The molecule has 0 bridgehead atoms. The van der Waals surface area contributed by atoms with Crippen molar-refractivity contribution in [1.82, 2.24) is 10.2 Å². The van der Waals surface area contributed by atoms with Gasteiger partial charge in [-0.05, 0) is 38.9 Å². The maximum Gasteiger partial charge on any atom is 0.134 e. The second kappa shape index (κ2) is 5.98. The lowest BCUT2D eigenvalue weighted by Gasteiger charge is -2.20. The first-order chi connectivity index (χ1) is 9.83. The van der Waals surface area contributed by atoms with E-state index in [1.807, 2.05) is 13.1 Å². The minimum absolute atomic E-state index is 0.783. The molecule has 1 fully saturated rings. The second-order valence-electron chi connectivity index (χ2n) is 5.73. The molecule has 3 rings (SSSR count). The minimum Gasteiger partial charge on any atom is -0.459 e. The topological polar surface area (TPSA) is 28.4 Å². The van der Waals surface area contributed by atoms with E-state index in [0.717, 1.165) is 30.5 Å². The van der Waals surface area contributed by atoms with Gasteiger partial charge < -0.3 is 9.73 Å². The van der Waals surface area contributed by atoms with Crippen LogP contribution in [0.15, 0.2) is 28.7 Å². The van der Waals surface area contributed by atoms with Crippen LogP contribution in [-0.2, 0) is 13.1 Å². The number of hydrogen-bond acceptors (Lipinski definition) is 3. The highest BCUT2D eigenvalue weighted by atomic mass is 16.3. The summed E-state index contributed by atoms with van der Waals surface area (Å²) in [5, 5.41) is 4.53. The summed E-state index contributed by atoms with van der Waals surface area (Å²) in [5.41, 5.74) is 2.34. The van der Waals surface area contributed by atoms with Crippen LogP contribution in [0.5, 0.6) is 0 Å². The smallest absolute Gasteiger partial charge is 0.134 e. The zero-order valence-corrected chi connectivity index (χ0v) is 12.5. The van der Waals surface area contributed by atoms with E-state index >= 15 is 0 Å². The van der Waals surface area contributed by atoms with Crippen LogP contribution in [0.3, 0.4) is 0 Å². The average Bonchev–Trinajstić information content (AvgIpc) is 3.24. The van der Waals surface area contributed by atoms with Gasteiger partial charge in [-0.3, -0.25) is 4.90 Å².